The smallest absolute Gasteiger partial charge is 0.335 e. The van der Waals surface area contributed by atoms with Gasteiger partial charge in [0.15, 0.2) is 11.0 Å². The molecule has 0 aliphatic heterocycles. The van der Waals surface area contributed by atoms with E-state index in [0.717, 1.165) is 5.56 Å². The summed E-state index contributed by atoms with van der Waals surface area (Å²) in [5.41, 5.74) is 2.16. The molecular formula is C24H24Cl2N2O4S. The molecular weight excluding hydrogens is 483 g/mol. The number of rotatable bonds is 9. The highest BCUT2D eigenvalue weighted by Crippen LogP contribution is 2.37. The van der Waals surface area contributed by atoms with Crippen LogP contribution < -0.4 is 9.04 Å². The minimum Gasteiger partial charge on any atom is -0.487 e. The van der Waals surface area contributed by atoms with E-state index >= 15 is 0 Å². The Morgan fingerprint density at radius 1 is 1.18 bits per heavy atom. The molecule has 1 heterocycles. The first-order chi connectivity index (χ1) is 15.7. The molecule has 0 saturated heterocycles. The fraction of sp³-hybridized carbons (Fsp3) is 0.250. The van der Waals surface area contributed by atoms with Gasteiger partial charge in [-0.1, -0.05) is 43.1 Å². The largest absolute Gasteiger partial charge is 0.487 e. The molecule has 0 aliphatic carbocycles. The van der Waals surface area contributed by atoms with Gasteiger partial charge < -0.3 is 9.84 Å². The summed E-state index contributed by atoms with van der Waals surface area (Å²) in [6, 6.07) is 11.5. The maximum absolute atomic E-state index is 13.5. The standard InChI is InChI=1S/C24H24Cl2N2O4S/c1-15(2)13-28(33(31)19-5-4-8-27-12-19)22-9-16(3)20(25)11-23(22)32-14-18-7-6-17(24(29)30)10-21(18)26/h4-12,15H,13-14H2,1-3H3,(H,29,30). The van der Waals surface area contributed by atoms with Crippen LogP contribution in [0.1, 0.15) is 35.3 Å². The van der Waals surface area contributed by atoms with Gasteiger partial charge in [0, 0.05) is 40.6 Å². The molecule has 1 atom stereocenters. The lowest BCUT2D eigenvalue weighted by atomic mass is 10.1. The summed E-state index contributed by atoms with van der Waals surface area (Å²) in [6.07, 6.45) is 3.21. The number of carboxylic acid groups (broad SMARTS) is 1. The summed E-state index contributed by atoms with van der Waals surface area (Å²) in [5, 5.41) is 9.93. The molecule has 0 saturated carbocycles. The van der Waals surface area contributed by atoms with Crippen molar-refractivity contribution in [3.8, 4) is 5.75 Å². The normalized spacial score (nSPS) is 11.9. The SMILES string of the molecule is Cc1cc(N(CC(C)C)S(=O)c2cccnc2)c(OCc2ccc(C(=O)O)cc2Cl)cc1Cl. The van der Waals surface area contributed by atoms with Gasteiger partial charge in [-0.3, -0.25) is 9.29 Å². The Kier molecular flexibility index (Phi) is 8.35. The predicted octanol–water partition coefficient (Wildman–Crippen LogP) is 6.16. The van der Waals surface area contributed by atoms with Crippen molar-refractivity contribution in [2.24, 2.45) is 5.92 Å². The van der Waals surface area contributed by atoms with Crippen molar-refractivity contribution in [2.45, 2.75) is 32.3 Å². The second-order valence-corrected chi connectivity index (χ2v) is 10.1. The van der Waals surface area contributed by atoms with E-state index in [1.165, 1.54) is 12.1 Å². The number of pyridine rings is 1. The lowest BCUT2D eigenvalue weighted by molar-refractivity contribution is 0.0697. The summed E-state index contributed by atoms with van der Waals surface area (Å²) in [5.74, 6) is -0.395. The Hall–Kier alpha value is -2.61. The number of hydrogen-bond donors (Lipinski definition) is 1. The highest BCUT2D eigenvalue weighted by Gasteiger charge is 2.23. The Bertz CT molecular complexity index is 1170. The van der Waals surface area contributed by atoms with Crippen molar-refractivity contribution in [2.75, 3.05) is 10.8 Å². The van der Waals surface area contributed by atoms with Crippen LogP contribution in [0.15, 0.2) is 59.8 Å². The summed E-state index contributed by atoms with van der Waals surface area (Å²) in [4.78, 5) is 15.8. The molecule has 0 spiro atoms. The highest BCUT2D eigenvalue weighted by atomic mass is 35.5. The number of aryl methyl sites for hydroxylation is 1. The monoisotopic (exact) mass is 506 g/mol. The van der Waals surface area contributed by atoms with Crippen LogP contribution >= 0.6 is 23.2 Å². The zero-order chi connectivity index (χ0) is 24.1. The molecule has 1 unspecified atom stereocenters. The molecule has 174 valence electrons. The molecule has 0 fully saturated rings. The summed E-state index contributed by atoms with van der Waals surface area (Å²) in [6.45, 7) is 6.55. The molecule has 3 aromatic rings. The first-order valence-corrected chi connectivity index (χ1v) is 12.1. The van der Waals surface area contributed by atoms with Crippen LogP contribution in [0.3, 0.4) is 0 Å². The van der Waals surface area contributed by atoms with Crippen molar-refractivity contribution in [3.63, 3.8) is 0 Å². The number of carboxylic acids is 1. The quantitative estimate of drug-likeness (QED) is 0.375. The van der Waals surface area contributed by atoms with Gasteiger partial charge in [0.05, 0.1) is 16.1 Å². The molecule has 1 N–H and O–H groups in total. The lowest BCUT2D eigenvalue weighted by Crippen LogP contribution is -2.30. The third-order valence-corrected chi connectivity index (χ3v) is 6.91. The summed E-state index contributed by atoms with van der Waals surface area (Å²) in [7, 11) is -1.52. The van der Waals surface area contributed by atoms with E-state index in [2.05, 4.69) is 4.98 Å². The number of hydrogen-bond acceptors (Lipinski definition) is 4. The molecule has 33 heavy (non-hydrogen) atoms. The number of aromatic nitrogens is 1. The van der Waals surface area contributed by atoms with E-state index in [4.69, 9.17) is 33.0 Å². The van der Waals surface area contributed by atoms with Crippen LogP contribution in [0.5, 0.6) is 5.75 Å². The second kappa shape index (κ2) is 11.0. The Balaban J connectivity index is 1.98. The zero-order valence-corrected chi connectivity index (χ0v) is 20.7. The number of carbonyl (C=O) groups is 1. The number of benzene rings is 2. The van der Waals surface area contributed by atoms with Crippen LogP contribution in [-0.4, -0.2) is 26.8 Å². The van der Waals surface area contributed by atoms with E-state index in [0.29, 0.717) is 33.5 Å². The summed E-state index contributed by atoms with van der Waals surface area (Å²) >= 11 is 12.6. The lowest BCUT2D eigenvalue weighted by Gasteiger charge is -2.28. The molecule has 1 aromatic heterocycles. The second-order valence-electron chi connectivity index (χ2n) is 7.86. The maximum atomic E-state index is 13.5. The maximum Gasteiger partial charge on any atom is 0.335 e. The van der Waals surface area contributed by atoms with Crippen molar-refractivity contribution in [1.82, 2.24) is 4.98 Å². The van der Waals surface area contributed by atoms with Crippen LogP contribution in [0.2, 0.25) is 10.0 Å². The molecule has 0 aliphatic rings. The Morgan fingerprint density at radius 2 is 1.94 bits per heavy atom. The van der Waals surface area contributed by atoms with E-state index in [-0.39, 0.29) is 23.1 Å². The minimum absolute atomic E-state index is 0.0835. The Labute approximate surface area is 205 Å². The van der Waals surface area contributed by atoms with Gasteiger partial charge in [-0.25, -0.2) is 9.00 Å². The van der Waals surface area contributed by atoms with E-state index < -0.39 is 17.0 Å². The van der Waals surface area contributed by atoms with Gasteiger partial charge in [-0.15, -0.1) is 0 Å². The van der Waals surface area contributed by atoms with Crippen molar-refractivity contribution >= 4 is 45.8 Å². The van der Waals surface area contributed by atoms with Gasteiger partial charge in [-0.05, 0) is 48.7 Å². The van der Waals surface area contributed by atoms with Crippen LogP contribution in [0.25, 0.3) is 0 Å². The van der Waals surface area contributed by atoms with E-state index in [9.17, 15) is 9.00 Å². The number of aromatic carboxylic acids is 1. The first kappa shape index (κ1) is 25.0. The number of anilines is 1. The number of nitrogens with zero attached hydrogens (tertiary/aromatic N) is 2. The molecule has 6 nitrogen and oxygen atoms in total. The van der Waals surface area contributed by atoms with Gasteiger partial charge in [0.1, 0.15) is 12.4 Å². The summed E-state index contributed by atoms with van der Waals surface area (Å²) < 4.78 is 21.3. The van der Waals surface area contributed by atoms with Crippen molar-refractivity contribution in [1.29, 1.82) is 0 Å². The van der Waals surface area contributed by atoms with Gasteiger partial charge in [-0.2, -0.15) is 0 Å². The van der Waals surface area contributed by atoms with E-state index in [1.807, 2.05) is 26.8 Å². The molecule has 3 rings (SSSR count). The average molecular weight is 507 g/mol. The third-order valence-electron chi connectivity index (χ3n) is 4.76. The van der Waals surface area contributed by atoms with Gasteiger partial charge >= 0.3 is 5.97 Å². The zero-order valence-electron chi connectivity index (χ0n) is 18.4. The van der Waals surface area contributed by atoms with Gasteiger partial charge in [0.2, 0.25) is 0 Å². The Morgan fingerprint density at radius 3 is 2.55 bits per heavy atom. The fourth-order valence-electron chi connectivity index (χ4n) is 3.08. The molecule has 9 heteroatoms. The van der Waals surface area contributed by atoms with Crippen LogP contribution in [0.4, 0.5) is 5.69 Å². The molecule has 0 radical (unpaired) electrons. The first-order valence-electron chi connectivity index (χ1n) is 10.2. The highest BCUT2D eigenvalue weighted by molar-refractivity contribution is 7.86. The number of ether oxygens (including phenoxy) is 1. The molecule has 2 aromatic carbocycles. The van der Waals surface area contributed by atoms with Crippen LogP contribution in [-0.2, 0) is 17.6 Å². The minimum atomic E-state index is -1.52. The molecule has 0 bridgehead atoms. The van der Waals surface area contributed by atoms with Crippen molar-refractivity contribution in [3.05, 3.63) is 81.6 Å². The molecule has 0 amide bonds. The van der Waals surface area contributed by atoms with Gasteiger partial charge in [0.25, 0.3) is 0 Å². The topological polar surface area (TPSA) is 79.7 Å². The van der Waals surface area contributed by atoms with E-state index in [1.54, 1.807) is 41.0 Å². The fourth-order valence-corrected chi connectivity index (χ4v) is 4.82. The van der Waals surface area contributed by atoms with Crippen molar-refractivity contribution < 1.29 is 18.8 Å². The third kappa shape index (κ3) is 6.25. The van der Waals surface area contributed by atoms with Crippen LogP contribution in [0, 0.1) is 12.8 Å². The predicted molar refractivity (Wildman–Crippen MR) is 132 cm³/mol. The number of halogens is 2. The average Bonchev–Trinajstić information content (AvgIpc) is 2.78.